The van der Waals surface area contributed by atoms with E-state index in [0.717, 1.165) is 27.8 Å². The molecule has 5 atom stereocenters. The Morgan fingerprint density at radius 3 is 2.53 bits per heavy atom. The largest absolute Gasteiger partial charge is 0.504 e. The van der Waals surface area contributed by atoms with Crippen LogP contribution >= 0.6 is 0 Å². The molecule has 47 heavy (non-hydrogen) atoms. The predicted molar refractivity (Wildman–Crippen MR) is 173 cm³/mol. The summed E-state index contributed by atoms with van der Waals surface area (Å²) >= 11 is 0. The number of phenolic OH excluding ortho intramolecular Hbond substituents is 1. The molecule has 7 rings (SSSR count). The summed E-state index contributed by atoms with van der Waals surface area (Å²) in [4.78, 5) is 29.8. The highest BCUT2D eigenvalue weighted by Crippen LogP contribution is 2.58. The fourth-order valence-corrected chi connectivity index (χ4v) is 8.11. The fraction of sp³-hybridized carbons (Fsp3) is 0.389. The Labute approximate surface area is 273 Å². The molecule has 1 fully saturated rings. The maximum Gasteiger partial charge on any atom is 0.308 e. The second kappa shape index (κ2) is 11.9. The van der Waals surface area contributed by atoms with Crippen molar-refractivity contribution >= 4 is 18.0 Å². The molecule has 1 amide bonds. The minimum absolute atomic E-state index is 0.00854. The summed E-state index contributed by atoms with van der Waals surface area (Å²) in [7, 11) is 3.50. The van der Waals surface area contributed by atoms with Gasteiger partial charge in [-0.25, -0.2) is 0 Å². The average molecular weight is 642 g/mol. The first kappa shape index (κ1) is 31.0. The van der Waals surface area contributed by atoms with Crippen LogP contribution in [0, 0.1) is 13.8 Å². The van der Waals surface area contributed by atoms with Gasteiger partial charge in [0.15, 0.2) is 23.0 Å². The zero-order valence-corrected chi connectivity index (χ0v) is 27.1. The number of rotatable bonds is 6. The van der Waals surface area contributed by atoms with E-state index in [-0.39, 0.29) is 37.1 Å². The third kappa shape index (κ3) is 5.00. The number of aliphatic hydroxyl groups is 1. The van der Waals surface area contributed by atoms with Crippen LogP contribution in [0.25, 0.3) is 6.08 Å². The van der Waals surface area contributed by atoms with Gasteiger partial charge in [0, 0.05) is 47.8 Å². The van der Waals surface area contributed by atoms with E-state index in [4.69, 9.17) is 18.9 Å². The molecule has 0 aromatic heterocycles. The molecule has 1 unspecified atom stereocenters. The van der Waals surface area contributed by atoms with Crippen molar-refractivity contribution < 1.29 is 38.7 Å². The molecule has 3 aromatic carbocycles. The van der Waals surface area contributed by atoms with Gasteiger partial charge in [-0.2, -0.15) is 0 Å². The number of aliphatic hydroxyl groups excluding tert-OH is 1. The molecule has 4 heterocycles. The van der Waals surface area contributed by atoms with Gasteiger partial charge in [-0.3, -0.25) is 19.4 Å². The topological polar surface area (TPSA) is 130 Å². The quantitative estimate of drug-likeness (QED) is 0.208. The molecule has 3 aromatic rings. The summed E-state index contributed by atoms with van der Waals surface area (Å²) in [6.45, 7) is 5.20. The number of nitrogens with zero attached hydrogens (tertiary/aromatic N) is 2. The second-order valence-electron chi connectivity index (χ2n) is 12.7. The van der Waals surface area contributed by atoms with Crippen LogP contribution in [-0.4, -0.2) is 77.7 Å². The van der Waals surface area contributed by atoms with Crippen LogP contribution in [0.4, 0.5) is 0 Å². The van der Waals surface area contributed by atoms with Crippen LogP contribution in [-0.2, 0) is 22.4 Å². The number of phenols is 1. The van der Waals surface area contributed by atoms with Gasteiger partial charge >= 0.3 is 5.97 Å². The summed E-state index contributed by atoms with van der Waals surface area (Å²) in [6, 6.07) is 9.92. The highest BCUT2D eigenvalue weighted by Gasteiger charge is 2.56. The molecule has 1 saturated heterocycles. The van der Waals surface area contributed by atoms with Gasteiger partial charge < -0.3 is 34.5 Å². The molecule has 4 aliphatic heterocycles. The molecule has 3 N–H and O–H groups in total. The van der Waals surface area contributed by atoms with Gasteiger partial charge in [0.1, 0.15) is 12.0 Å². The highest BCUT2D eigenvalue weighted by atomic mass is 16.7. The Morgan fingerprint density at radius 1 is 1.06 bits per heavy atom. The maximum atomic E-state index is 13.2. The van der Waals surface area contributed by atoms with Crippen molar-refractivity contribution in [3.63, 3.8) is 0 Å². The van der Waals surface area contributed by atoms with Crippen LogP contribution in [0.15, 0.2) is 42.5 Å². The van der Waals surface area contributed by atoms with Gasteiger partial charge in [-0.05, 0) is 56.5 Å². The minimum atomic E-state index is -0.940. The lowest BCUT2D eigenvalue weighted by Crippen LogP contribution is -2.69. The standard InChI is InChI=1S/C36H39N3O8/c1-18-13-22-14-25-36(43)39-24(30(38(25)4)28(22)31(42)32(18)44-5)15-23-29(35-34(45-17-46-35)19(2)33(23)47-20(3)40)26(39)16-37-27(41)12-11-21-9-7-6-8-10-21/h6-13,24-26,30,36,42-43H,14-17H2,1-5H3,(H,37,41)/t24?,25-,26-,30-,36-/m0/s1. The van der Waals surface area contributed by atoms with Gasteiger partial charge in [0.05, 0.1) is 25.2 Å². The van der Waals surface area contributed by atoms with Gasteiger partial charge in [-0.1, -0.05) is 36.4 Å². The molecule has 0 aliphatic carbocycles. The van der Waals surface area contributed by atoms with Crippen molar-refractivity contribution in [1.29, 1.82) is 0 Å². The summed E-state index contributed by atoms with van der Waals surface area (Å²) in [5.41, 5.74) is 5.49. The fourth-order valence-electron chi connectivity index (χ4n) is 8.11. The number of hydrogen-bond donors (Lipinski definition) is 3. The first-order valence-electron chi connectivity index (χ1n) is 15.8. The molecular weight excluding hydrogens is 602 g/mol. The summed E-state index contributed by atoms with van der Waals surface area (Å²) < 4.78 is 23.4. The number of esters is 1. The van der Waals surface area contributed by atoms with Crippen LogP contribution in [0.5, 0.6) is 28.7 Å². The smallest absolute Gasteiger partial charge is 0.308 e. The minimum Gasteiger partial charge on any atom is -0.504 e. The van der Waals surface area contributed by atoms with E-state index in [2.05, 4.69) is 10.2 Å². The van der Waals surface area contributed by atoms with E-state index in [9.17, 15) is 19.8 Å². The molecular formula is C36H39N3O8. The first-order chi connectivity index (χ1) is 22.6. The number of aryl methyl sites for hydroxylation is 1. The maximum absolute atomic E-state index is 13.2. The average Bonchev–Trinajstić information content (AvgIpc) is 3.54. The molecule has 0 saturated carbocycles. The van der Waals surface area contributed by atoms with E-state index < -0.39 is 24.3 Å². The summed E-state index contributed by atoms with van der Waals surface area (Å²) in [5.74, 6) is 1.10. The third-order valence-electron chi connectivity index (χ3n) is 10.0. The number of hydrogen-bond acceptors (Lipinski definition) is 10. The number of amides is 1. The molecule has 11 nitrogen and oxygen atoms in total. The number of aromatic hydroxyl groups is 1. The zero-order chi connectivity index (χ0) is 33.1. The van der Waals surface area contributed by atoms with Crippen molar-refractivity contribution in [2.45, 2.75) is 64.0 Å². The first-order valence-corrected chi connectivity index (χ1v) is 15.8. The number of carbonyl (C=O) groups is 2. The number of ether oxygens (including phenoxy) is 4. The number of nitrogens with one attached hydrogen (secondary N) is 1. The molecule has 0 radical (unpaired) electrons. The lowest BCUT2D eigenvalue weighted by Gasteiger charge is -2.60. The van der Waals surface area contributed by atoms with E-state index >= 15 is 0 Å². The van der Waals surface area contributed by atoms with Crippen molar-refractivity contribution in [1.82, 2.24) is 15.1 Å². The van der Waals surface area contributed by atoms with E-state index in [1.807, 2.05) is 62.2 Å². The van der Waals surface area contributed by atoms with Crippen LogP contribution in [0.2, 0.25) is 0 Å². The third-order valence-corrected chi connectivity index (χ3v) is 10.0. The Bertz CT molecular complexity index is 1790. The zero-order valence-electron chi connectivity index (χ0n) is 27.1. The lowest BCUT2D eigenvalue weighted by molar-refractivity contribution is -0.172. The van der Waals surface area contributed by atoms with E-state index in [1.54, 1.807) is 13.2 Å². The van der Waals surface area contributed by atoms with Crippen molar-refractivity contribution in [3.8, 4) is 28.7 Å². The van der Waals surface area contributed by atoms with E-state index in [0.29, 0.717) is 47.0 Å². The summed E-state index contributed by atoms with van der Waals surface area (Å²) in [6.07, 6.45) is 3.15. The van der Waals surface area contributed by atoms with Crippen molar-refractivity contribution in [3.05, 3.63) is 81.4 Å². The van der Waals surface area contributed by atoms with Crippen LogP contribution in [0.3, 0.4) is 0 Å². The Hall–Kier alpha value is -4.58. The second-order valence-corrected chi connectivity index (χ2v) is 12.7. The number of likely N-dealkylation sites (N-methyl/N-ethyl adjacent to an activating group) is 1. The number of benzene rings is 3. The lowest BCUT2D eigenvalue weighted by atomic mass is 9.73. The number of fused-ring (bicyclic) bond motifs is 9. The summed E-state index contributed by atoms with van der Waals surface area (Å²) in [5, 5.41) is 26.9. The van der Waals surface area contributed by atoms with Crippen LogP contribution in [0.1, 0.15) is 58.0 Å². The van der Waals surface area contributed by atoms with Crippen molar-refractivity contribution in [2.75, 3.05) is 27.5 Å². The van der Waals surface area contributed by atoms with Crippen LogP contribution < -0.4 is 24.3 Å². The normalized spacial score (nSPS) is 24.3. The van der Waals surface area contributed by atoms with Gasteiger partial charge in [0.25, 0.3) is 0 Å². The Kier molecular flexibility index (Phi) is 7.86. The molecule has 2 bridgehead atoms. The predicted octanol–water partition coefficient (Wildman–Crippen LogP) is 3.70. The molecule has 4 aliphatic rings. The Balaban J connectivity index is 1.37. The molecule has 11 heteroatoms. The van der Waals surface area contributed by atoms with E-state index in [1.165, 1.54) is 13.0 Å². The number of methoxy groups -OCH3 is 1. The van der Waals surface area contributed by atoms with Gasteiger partial charge in [-0.15, -0.1) is 0 Å². The van der Waals surface area contributed by atoms with Crippen molar-refractivity contribution in [2.24, 2.45) is 0 Å². The van der Waals surface area contributed by atoms with Gasteiger partial charge in [0.2, 0.25) is 12.7 Å². The molecule has 246 valence electrons. The highest BCUT2D eigenvalue weighted by molar-refractivity contribution is 5.91. The molecule has 0 spiro atoms. The SMILES string of the molecule is COc1c(C)cc2c(c1O)[C@@H]1C3Cc4c(OC(C)=O)c(C)c5c(c4[C@H](CNC(=O)C=Cc4ccccc4)N3[C@@H](O)[C@H](C2)N1C)OCO5. The number of carbonyl (C=O) groups excluding carboxylic acids is 2. The number of piperazine rings is 1. The Morgan fingerprint density at radius 2 is 1.81 bits per heavy atom. The monoisotopic (exact) mass is 641 g/mol.